The van der Waals surface area contributed by atoms with Crippen LogP contribution in [-0.2, 0) is 0 Å². The molecule has 0 saturated carbocycles. The van der Waals surface area contributed by atoms with Crippen molar-refractivity contribution in [3.63, 3.8) is 0 Å². The minimum absolute atomic E-state index is 0.237. The number of halogens is 2. The Labute approximate surface area is 88.6 Å². The van der Waals surface area contributed by atoms with E-state index in [0.29, 0.717) is 10.6 Å². The van der Waals surface area contributed by atoms with Gasteiger partial charge in [-0.1, -0.05) is 17.7 Å². The summed E-state index contributed by atoms with van der Waals surface area (Å²) >= 11 is 5.79. The highest BCUT2D eigenvalue weighted by molar-refractivity contribution is 6.30. The molecule has 1 rings (SSSR count). The minimum atomic E-state index is -0.237. The lowest BCUT2D eigenvalue weighted by molar-refractivity contribution is 0.624. The van der Waals surface area contributed by atoms with E-state index in [0.717, 1.165) is 12.1 Å². The summed E-state index contributed by atoms with van der Waals surface area (Å²) < 4.78 is 13.3. The summed E-state index contributed by atoms with van der Waals surface area (Å²) in [6.45, 7) is 2.59. The van der Waals surface area contributed by atoms with Crippen molar-refractivity contribution < 1.29 is 4.39 Å². The van der Waals surface area contributed by atoms with E-state index in [1.807, 2.05) is 20.0 Å². The van der Waals surface area contributed by atoms with Gasteiger partial charge in [0.2, 0.25) is 0 Å². The SMILES string of the molecule is CNC/C=C(/C)c1cc(Cl)ccc1F. The van der Waals surface area contributed by atoms with Crippen molar-refractivity contribution in [3.05, 3.63) is 40.7 Å². The van der Waals surface area contributed by atoms with Crippen LogP contribution in [0.5, 0.6) is 0 Å². The molecule has 76 valence electrons. The summed E-state index contributed by atoms with van der Waals surface area (Å²) in [6, 6.07) is 4.57. The lowest BCUT2D eigenvalue weighted by atomic mass is 10.1. The summed E-state index contributed by atoms with van der Waals surface area (Å²) in [5.74, 6) is -0.237. The highest BCUT2D eigenvalue weighted by atomic mass is 35.5. The van der Waals surface area contributed by atoms with Gasteiger partial charge in [-0.15, -0.1) is 0 Å². The second-order valence-electron chi connectivity index (χ2n) is 3.07. The molecule has 0 aliphatic carbocycles. The Morgan fingerprint density at radius 2 is 2.29 bits per heavy atom. The van der Waals surface area contributed by atoms with Crippen LogP contribution in [0.1, 0.15) is 12.5 Å². The van der Waals surface area contributed by atoms with Gasteiger partial charge >= 0.3 is 0 Å². The Kier molecular flexibility index (Phi) is 4.11. The third-order valence-corrected chi connectivity index (χ3v) is 2.20. The van der Waals surface area contributed by atoms with Crippen LogP contribution in [0.25, 0.3) is 5.57 Å². The van der Waals surface area contributed by atoms with E-state index < -0.39 is 0 Å². The number of hydrogen-bond acceptors (Lipinski definition) is 1. The van der Waals surface area contributed by atoms with Crippen LogP contribution in [0.2, 0.25) is 5.02 Å². The van der Waals surface area contributed by atoms with Crippen LogP contribution >= 0.6 is 11.6 Å². The quantitative estimate of drug-likeness (QED) is 0.814. The Bertz CT molecular complexity index is 347. The Hall–Kier alpha value is -0.860. The van der Waals surface area contributed by atoms with E-state index in [2.05, 4.69) is 5.32 Å². The smallest absolute Gasteiger partial charge is 0.130 e. The molecule has 0 aliphatic rings. The highest BCUT2D eigenvalue weighted by Crippen LogP contribution is 2.21. The molecule has 0 spiro atoms. The van der Waals surface area contributed by atoms with Crippen LogP contribution in [0.3, 0.4) is 0 Å². The monoisotopic (exact) mass is 213 g/mol. The van der Waals surface area contributed by atoms with Crippen LogP contribution in [-0.4, -0.2) is 13.6 Å². The fraction of sp³-hybridized carbons (Fsp3) is 0.273. The lowest BCUT2D eigenvalue weighted by Crippen LogP contribution is -2.04. The van der Waals surface area contributed by atoms with Gasteiger partial charge in [-0.05, 0) is 37.7 Å². The molecule has 0 aromatic heterocycles. The lowest BCUT2D eigenvalue weighted by Gasteiger charge is -2.04. The van der Waals surface area contributed by atoms with Crippen molar-refractivity contribution in [2.45, 2.75) is 6.92 Å². The van der Waals surface area contributed by atoms with Gasteiger partial charge in [-0.3, -0.25) is 0 Å². The molecule has 0 aliphatic heterocycles. The molecule has 0 unspecified atom stereocenters. The Morgan fingerprint density at radius 1 is 1.57 bits per heavy atom. The van der Waals surface area contributed by atoms with Crippen LogP contribution < -0.4 is 5.32 Å². The van der Waals surface area contributed by atoms with Crippen molar-refractivity contribution in [1.29, 1.82) is 0 Å². The fourth-order valence-corrected chi connectivity index (χ4v) is 1.34. The van der Waals surface area contributed by atoms with Gasteiger partial charge in [0.15, 0.2) is 0 Å². The molecule has 0 atom stereocenters. The molecule has 0 heterocycles. The molecule has 3 heteroatoms. The fourth-order valence-electron chi connectivity index (χ4n) is 1.16. The van der Waals surface area contributed by atoms with E-state index in [9.17, 15) is 4.39 Å². The normalized spacial score (nSPS) is 11.9. The van der Waals surface area contributed by atoms with Crippen molar-refractivity contribution in [3.8, 4) is 0 Å². The first-order valence-corrected chi connectivity index (χ1v) is 4.79. The van der Waals surface area contributed by atoms with Crippen LogP contribution in [0.4, 0.5) is 4.39 Å². The molecule has 0 bridgehead atoms. The molecule has 1 N–H and O–H groups in total. The summed E-state index contributed by atoms with van der Waals surface area (Å²) in [5.41, 5.74) is 1.45. The first-order valence-electron chi connectivity index (χ1n) is 4.42. The third-order valence-electron chi connectivity index (χ3n) is 1.97. The second kappa shape index (κ2) is 5.13. The minimum Gasteiger partial charge on any atom is -0.316 e. The molecule has 14 heavy (non-hydrogen) atoms. The van der Waals surface area contributed by atoms with E-state index in [4.69, 9.17) is 11.6 Å². The van der Waals surface area contributed by atoms with E-state index in [1.165, 1.54) is 6.07 Å². The topological polar surface area (TPSA) is 12.0 Å². The van der Waals surface area contributed by atoms with Crippen molar-refractivity contribution >= 4 is 17.2 Å². The van der Waals surface area contributed by atoms with Crippen LogP contribution in [0, 0.1) is 5.82 Å². The molecule has 1 nitrogen and oxygen atoms in total. The zero-order valence-corrected chi connectivity index (χ0v) is 9.03. The summed E-state index contributed by atoms with van der Waals surface area (Å²) in [7, 11) is 1.85. The predicted molar refractivity (Wildman–Crippen MR) is 59.0 cm³/mol. The maximum absolute atomic E-state index is 13.3. The highest BCUT2D eigenvalue weighted by Gasteiger charge is 2.03. The van der Waals surface area contributed by atoms with Crippen LogP contribution in [0.15, 0.2) is 24.3 Å². The second-order valence-corrected chi connectivity index (χ2v) is 3.51. The molecule has 0 amide bonds. The number of benzene rings is 1. The summed E-state index contributed by atoms with van der Waals surface area (Å²) in [5, 5.41) is 3.52. The van der Waals surface area contributed by atoms with Crippen molar-refractivity contribution in [2.24, 2.45) is 0 Å². The van der Waals surface area contributed by atoms with Gasteiger partial charge in [0, 0.05) is 17.1 Å². The molecule has 1 aromatic carbocycles. The number of allylic oxidation sites excluding steroid dienone is 1. The molecular weight excluding hydrogens is 201 g/mol. The van der Waals surface area contributed by atoms with Gasteiger partial charge in [-0.25, -0.2) is 4.39 Å². The standard InChI is InChI=1S/C11H13ClFN/c1-8(5-6-14-2)10-7-9(12)3-4-11(10)13/h3-5,7,14H,6H2,1-2H3/b8-5-. The Morgan fingerprint density at radius 3 is 2.93 bits per heavy atom. The van der Waals surface area contributed by atoms with E-state index in [1.54, 1.807) is 12.1 Å². The average molecular weight is 214 g/mol. The first kappa shape index (κ1) is 11.2. The molecule has 0 fully saturated rings. The van der Waals surface area contributed by atoms with Crippen molar-refractivity contribution in [2.75, 3.05) is 13.6 Å². The van der Waals surface area contributed by atoms with Crippen molar-refractivity contribution in [1.82, 2.24) is 5.32 Å². The van der Waals surface area contributed by atoms with Gasteiger partial charge in [-0.2, -0.15) is 0 Å². The number of likely N-dealkylation sites (N-methyl/N-ethyl adjacent to an activating group) is 1. The molecule has 1 aromatic rings. The zero-order chi connectivity index (χ0) is 10.6. The summed E-state index contributed by atoms with van der Waals surface area (Å²) in [4.78, 5) is 0. The number of hydrogen-bond donors (Lipinski definition) is 1. The maximum atomic E-state index is 13.3. The number of rotatable bonds is 3. The molecule has 0 radical (unpaired) electrons. The van der Waals surface area contributed by atoms with E-state index in [-0.39, 0.29) is 5.82 Å². The van der Waals surface area contributed by atoms with Gasteiger partial charge in [0.1, 0.15) is 5.82 Å². The predicted octanol–water partition coefficient (Wildman–Crippen LogP) is 3.10. The summed E-state index contributed by atoms with van der Waals surface area (Å²) in [6.07, 6.45) is 1.93. The third kappa shape index (κ3) is 2.82. The largest absolute Gasteiger partial charge is 0.316 e. The Balaban J connectivity index is 2.99. The molecule has 0 saturated heterocycles. The van der Waals surface area contributed by atoms with Gasteiger partial charge in [0.05, 0.1) is 0 Å². The maximum Gasteiger partial charge on any atom is 0.130 e. The first-order chi connectivity index (χ1) is 6.65. The van der Waals surface area contributed by atoms with E-state index >= 15 is 0 Å². The van der Waals surface area contributed by atoms with Gasteiger partial charge in [0.25, 0.3) is 0 Å². The molecular formula is C11H13ClFN. The van der Waals surface area contributed by atoms with Gasteiger partial charge < -0.3 is 5.32 Å². The average Bonchev–Trinajstić information content (AvgIpc) is 2.18. The number of nitrogens with one attached hydrogen (secondary N) is 1. The zero-order valence-electron chi connectivity index (χ0n) is 8.27.